The van der Waals surface area contributed by atoms with E-state index in [0.29, 0.717) is 17.1 Å². The molecule has 2 heterocycles. The van der Waals surface area contributed by atoms with E-state index in [4.69, 9.17) is 10.5 Å². The Labute approximate surface area is 172 Å². The van der Waals surface area contributed by atoms with E-state index in [1.165, 1.54) is 11.3 Å². The van der Waals surface area contributed by atoms with E-state index in [-0.39, 0.29) is 5.84 Å². The number of aliphatic imine (C=N–C) groups is 1. The van der Waals surface area contributed by atoms with Crippen molar-refractivity contribution in [1.29, 1.82) is 0 Å². The van der Waals surface area contributed by atoms with Crippen LogP contribution < -0.4 is 16.0 Å². The van der Waals surface area contributed by atoms with Crippen molar-refractivity contribution in [2.45, 2.75) is 0 Å². The summed E-state index contributed by atoms with van der Waals surface area (Å²) in [4.78, 5) is 23.2. The molecule has 3 aromatic rings. The number of nitrogens with zero attached hydrogens (tertiary/aromatic N) is 3. The number of morpholine rings is 1. The maximum absolute atomic E-state index is 11.5. The lowest BCUT2D eigenvalue weighted by atomic mass is 10.2. The van der Waals surface area contributed by atoms with Crippen molar-refractivity contribution < 1.29 is 9.53 Å². The second-order valence-electron chi connectivity index (χ2n) is 6.50. The summed E-state index contributed by atoms with van der Waals surface area (Å²) in [6.45, 7) is 3.27. The third kappa shape index (κ3) is 4.79. The van der Waals surface area contributed by atoms with Crippen LogP contribution in [-0.2, 0) is 9.53 Å². The van der Waals surface area contributed by atoms with Gasteiger partial charge in [-0.1, -0.05) is 23.5 Å². The van der Waals surface area contributed by atoms with Crippen LogP contribution in [0, 0.1) is 0 Å². The van der Waals surface area contributed by atoms with Crippen molar-refractivity contribution in [3.05, 3.63) is 54.7 Å². The number of thiazole rings is 1. The number of hydrogen-bond donors (Lipinski definition) is 2. The average molecular weight is 407 g/mol. The Hall–Kier alpha value is -3.23. The van der Waals surface area contributed by atoms with Gasteiger partial charge in [-0.3, -0.25) is 4.79 Å². The van der Waals surface area contributed by atoms with Gasteiger partial charge in [-0.05, 0) is 42.0 Å². The molecule has 148 valence electrons. The Kier molecular flexibility index (Phi) is 5.83. The molecule has 1 aliphatic heterocycles. The molecule has 29 heavy (non-hydrogen) atoms. The Balaban J connectivity index is 1.44. The highest BCUT2D eigenvalue weighted by atomic mass is 32.1. The smallest absolute Gasteiger partial charge is 0.185 e. The molecule has 2 aromatic carbocycles. The van der Waals surface area contributed by atoms with Crippen LogP contribution in [0.2, 0.25) is 0 Å². The normalized spacial score (nSPS) is 14.6. The monoisotopic (exact) mass is 407 g/mol. The molecule has 8 heteroatoms. The Morgan fingerprint density at radius 2 is 1.86 bits per heavy atom. The van der Waals surface area contributed by atoms with Crippen LogP contribution in [0.5, 0.6) is 0 Å². The lowest BCUT2D eigenvalue weighted by Gasteiger charge is -2.28. The van der Waals surface area contributed by atoms with Crippen LogP contribution in [0.25, 0.3) is 10.4 Å². The minimum atomic E-state index is 0.249. The van der Waals surface area contributed by atoms with Gasteiger partial charge in [-0.15, -0.1) is 0 Å². The molecule has 1 saturated heterocycles. The van der Waals surface area contributed by atoms with Gasteiger partial charge in [0.05, 0.1) is 23.8 Å². The van der Waals surface area contributed by atoms with Crippen molar-refractivity contribution in [2.24, 2.45) is 4.99 Å². The minimum absolute atomic E-state index is 0.249. The Morgan fingerprint density at radius 3 is 2.48 bits per heavy atom. The van der Waals surface area contributed by atoms with Gasteiger partial charge in [-0.25, -0.2) is 9.98 Å². The average Bonchev–Trinajstić information content (AvgIpc) is 3.21. The largest absolute Gasteiger partial charge is 0.378 e. The van der Waals surface area contributed by atoms with E-state index < -0.39 is 0 Å². The first kappa shape index (κ1) is 19.1. The quantitative estimate of drug-likeness (QED) is 0.382. The van der Waals surface area contributed by atoms with E-state index >= 15 is 0 Å². The molecule has 1 aromatic heterocycles. The maximum atomic E-state index is 11.5. The fraction of sp³-hybridized carbons (Fsp3) is 0.190. The molecule has 0 atom stereocenters. The van der Waals surface area contributed by atoms with Crippen LogP contribution in [0.3, 0.4) is 0 Å². The summed E-state index contributed by atoms with van der Waals surface area (Å²) in [7, 11) is 0. The fourth-order valence-electron chi connectivity index (χ4n) is 3.07. The molecule has 0 amide bonds. The van der Waals surface area contributed by atoms with E-state index in [0.717, 1.165) is 48.1 Å². The number of benzene rings is 2. The van der Waals surface area contributed by atoms with E-state index in [9.17, 15) is 4.79 Å². The van der Waals surface area contributed by atoms with Crippen LogP contribution in [0.1, 0.15) is 0 Å². The molecular formula is C21H21N5O2S. The summed E-state index contributed by atoms with van der Waals surface area (Å²) < 4.78 is 5.39. The number of anilines is 3. The number of carbonyl (C=O) groups is 1. The lowest BCUT2D eigenvalue weighted by molar-refractivity contribution is -0.102. The van der Waals surface area contributed by atoms with Crippen LogP contribution in [-0.4, -0.2) is 43.4 Å². The summed E-state index contributed by atoms with van der Waals surface area (Å²) in [5.74, 6) is 0.249. The van der Waals surface area contributed by atoms with Crippen molar-refractivity contribution in [2.75, 3.05) is 42.3 Å². The zero-order valence-electron chi connectivity index (χ0n) is 15.7. The van der Waals surface area contributed by atoms with Gasteiger partial charge < -0.3 is 20.7 Å². The SMILES string of the molecule is Nc1ncc(-c2ccc(N=C(C=O)Nc3ccc(N4CCOCC4)cc3)cc2)s1. The highest BCUT2D eigenvalue weighted by Crippen LogP contribution is 2.28. The molecule has 0 bridgehead atoms. The maximum Gasteiger partial charge on any atom is 0.185 e. The molecule has 0 spiro atoms. The third-order valence-electron chi connectivity index (χ3n) is 4.55. The van der Waals surface area contributed by atoms with Crippen LogP contribution in [0.15, 0.2) is 59.7 Å². The molecule has 0 aliphatic carbocycles. The lowest BCUT2D eigenvalue weighted by Crippen LogP contribution is -2.36. The number of nitrogen functional groups attached to an aromatic ring is 1. The number of hydrogen-bond acceptors (Lipinski definition) is 7. The number of nitrogens with one attached hydrogen (secondary N) is 1. The first-order chi connectivity index (χ1) is 14.2. The highest BCUT2D eigenvalue weighted by molar-refractivity contribution is 7.18. The van der Waals surface area contributed by atoms with Gasteiger partial charge in [0.15, 0.2) is 17.3 Å². The van der Waals surface area contributed by atoms with Crippen LogP contribution in [0.4, 0.5) is 22.2 Å². The second kappa shape index (κ2) is 8.85. The van der Waals surface area contributed by atoms with Crippen molar-refractivity contribution in [3.63, 3.8) is 0 Å². The molecular weight excluding hydrogens is 386 g/mol. The summed E-state index contributed by atoms with van der Waals surface area (Å²) in [5.41, 5.74) is 9.33. The predicted molar refractivity (Wildman–Crippen MR) is 118 cm³/mol. The first-order valence-electron chi connectivity index (χ1n) is 9.27. The second-order valence-corrected chi connectivity index (χ2v) is 7.56. The summed E-state index contributed by atoms with van der Waals surface area (Å²) >= 11 is 1.43. The number of aldehydes is 1. The number of nitrogens with two attached hydrogens (primary N) is 1. The molecule has 4 rings (SSSR count). The highest BCUT2D eigenvalue weighted by Gasteiger charge is 2.11. The van der Waals surface area contributed by atoms with Gasteiger partial charge in [-0.2, -0.15) is 0 Å². The van der Waals surface area contributed by atoms with Gasteiger partial charge in [0, 0.05) is 30.7 Å². The van der Waals surface area contributed by atoms with Crippen molar-refractivity contribution in [1.82, 2.24) is 4.98 Å². The predicted octanol–water partition coefficient (Wildman–Crippen LogP) is 3.57. The van der Waals surface area contributed by atoms with Crippen LogP contribution >= 0.6 is 11.3 Å². The topological polar surface area (TPSA) is 92.8 Å². The molecule has 0 radical (unpaired) electrons. The van der Waals surface area contributed by atoms with E-state index in [2.05, 4.69) is 20.2 Å². The van der Waals surface area contributed by atoms with E-state index in [1.807, 2.05) is 48.5 Å². The Morgan fingerprint density at radius 1 is 1.14 bits per heavy atom. The number of ether oxygens (including phenoxy) is 1. The molecule has 0 unspecified atom stereocenters. The van der Waals surface area contributed by atoms with E-state index in [1.54, 1.807) is 6.20 Å². The van der Waals surface area contributed by atoms with Gasteiger partial charge >= 0.3 is 0 Å². The van der Waals surface area contributed by atoms with Gasteiger partial charge in [0.25, 0.3) is 0 Å². The molecule has 1 fully saturated rings. The summed E-state index contributed by atoms with van der Waals surface area (Å²) in [6, 6.07) is 15.5. The molecule has 3 N–H and O–H groups in total. The summed E-state index contributed by atoms with van der Waals surface area (Å²) in [5, 5.41) is 3.61. The molecule has 0 saturated carbocycles. The molecule has 1 aliphatic rings. The minimum Gasteiger partial charge on any atom is -0.378 e. The van der Waals surface area contributed by atoms with Crippen molar-refractivity contribution in [3.8, 4) is 10.4 Å². The standard InChI is InChI=1S/C21H21N5O2S/c22-21-23-13-19(29-21)15-1-3-16(4-2-15)24-20(14-27)25-17-5-7-18(8-6-17)26-9-11-28-12-10-26/h1-8,13-14H,9-12H2,(H2,22,23)(H,24,25). The summed E-state index contributed by atoms with van der Waals surface area (Å²) in [6.07, 6.45) is 2.46. The zero-order valence-corrected chi connectivity index (χ0v) is 16.6. The first-order valence-corrected chi connectivity index (χ1v) is 10.1. The van der Waals surface area contributed by atoms with Crippen molar-refractivity contribution >= 4 is 45.7 Å². The number of rotatable bonds is 5. The third-order valence-corrected chi connectivity index (χ3v) is 5.43. The number of carbonyl (C=O) groups excluding carboxylic acids is 1. The number of amidine groups is 1. The molecule has 7 nitrogen and oxygen atoms in total. The fourth-order valence-corrected chi connectivity index (χ4v) is 3.76. The Bertz CT molecular complexity index is 993. The van der Waals surface area contributed by atoms with Gasteiger partial charge in [0.2, 0.25) is 0 Å². The zero-order chi connectivity index (χ0) is 20.1. The van der Waals surface area contributed by atoms with Gasteiger partial charge in [0.1, 0.15) is 0 Å². The number of aromatic nitrogens is 1.